The Hall–Kier alpha value is -2.31. The highest BCUT2D eigenvalue weighted by Crippen LogP contribution is 2.27. The number of nitrogens with one attached hydrogen (secondary N) is 2. The zero-order valence-corrected chi connectivity index (χ0v) is 13.9. The molecule has 0 fully saturated rings. The van der Waals surface area contributed by atoms with Crippen LogP contribution in [0.1, 0.15) is 11.1 Å². The average molecular weight is 342 g/mol. The fourth-order valence-electron chi connectivity index (χ4n) is 3.00. The SMILES string of the molecule is O=S(=O)(NCCc1ccc2[nH]ccc2c1)c1ccc2c(c1)CCO2. The molecule has 2 N–H and O–H groups in total. The summed E-state index contributed by atoms with van der Waals surface area (Å²) in [4.78, 5) is 3.45. The number of sulfonamides is 1. The Balaban J connectivity index is 1.44. The molecular formula is C18H18N2O3S. The van der Waals surface area contributed by atoms with Crippen molar-refractivity contribution in [2.45, 2.75) is 17.7 Å². The maximum atomic E-state index is 12.4. The van der Waals surface area contributed by atoms with Crippen molar-refractivity contribution in [1.29, 1.82) is 0 Å². The predicted molar refractivity (Wildman–Crippen MR) is 92.8 cm³/mol. The van der Waals surface area contributed by atoms with E-state index in [-0.39, 0.29) is 0 Å². The summed E-state index contributed by atoms with van der Waals surface area (Å²) in [5.74, 6) is 0.786. The largest absolute Gasteiger partial charge is 0.493 e. The van der Waals surface area contributed by atoms with E-state index < -0.39 is 10.0 Å². The first-order chi connectivity index (χ1) is 11.6. The summed E-state index contributed by atoms with van der Waals surface area (Å²) in [7, 11) is -3.50. The van der Waals surface area contributed by atoms with Crippen molar-refractivity contribution in [1.82, 2.24) is 9.71 Å². The maximum Gasteiger partial charge on any atom is 0.240 e. The molecular weight excluding hydrogens is 324 g/mol. The second-order valence-electron chi connectivity index (χ2n) is 5.92. The highest BCUT2D eigenvalue weighted by Gasteiger charge is 2.18. The number of aromatic amines is 1. The topological polar surface area (TPSA) is 71.2 Å². The molecule has 0 radical (unpaired) electrons. The highest BCUT2D eigenvalue weighted by molar-refractivity contribution is 7.89. The van der Waals surface area contributed by atoms with Crippen molar-refractivity contribution < 1.29 is 13.2 Å². The zero-order valence-electron chi connectivity index (χ0n) is 13.1. The minimum Gasteiger partial charge on any atom is -0.493 e. The van der Waals surface area contributed by atoms with Gasteiger partial charge in [0.1, 0.15) is 5.75 Å². The van der Waals surface area contributed by atoms with Crippen LogP contribution >= 0.6 is 0 Å². The van der Waals surface area contributed by atoms with E-state index in [2.05, 4.69) is 15.8 Å². The van der Waals surface area contributed by atoms with Gasteiger partial charge in [0, 0.05) is 24.7 Å². The molecule has 0 aliphatic carbocycles. The molecule has 1 aliphatic rings. The van der Waals surface area contributed by atoms with E-state index in [1.807, 2.05) is 24.4 Å². The lowest BCUT2D eigenvalue weighted by Crippen LogP contribution is -2.26. The van der Waals surface area contributed by atoms with E-state index in [0.29, 0.717) is 24.5 Å². The molecule has 1 aliphatic heterocycles. The van der Waals surface area contributed by atoms with E-state index in [4.69, 9.17) is 4.74 Å². The fourth-order valence-corrected chi connectivity index (χ4v) is 4.08. The average Bonchev–Trinajstić information content (AvgIpc) is 3.22. The number of hydrogen-bond acceptors (Lipinski definition) is 3. The molecule has 6 heteroatoms. The molecule has 0 spiro atoms. The van der Waals surface area contributed by atoms with E-state index in [1.54, 1.807) is 18.2 Å². The number of fused-ring (bicyclic) bond motifs is 2. The second kappa shape index (κ2) is 5.96. The van der Waals surface area contributed by atoms with Gasteiger partial charge in [-0.2, -0.15) is 0 Å². The second-order valence-corrected chi connectivity index (χ2v) is 7.68. The van der Waals surface area contributed by atoms with E-state index in [9.17, 15) is 8.42 Å². The Labute approximate surface area is 140 Å². The lowest BCUT2D eigenvalue weighted by molar-refractivity contribution is 0.356. The molecule has 0 saturated carbocycles. The van der Waals surface area contributed by atoms with Crippen LogP contribution in [0.25, 0.3) is 10.9 Å². The third-order valence-corrected chi connectivity index (χ3v) is 5.75. The summed E-state index contributed by atoms with van der Waals surface area (Å²) in [6.07, 6.45) is 3.30. The van der Waals surface area contributed by atoms with Crippen LogP contribution in [-0.2, 0) is 22.9 Å². The maximum absolute atomic E-state index is 12.4. The molecule has 2 aromatic carbocycles. The summed E-state index contributed by atoms with van der Waals surface area (Å²) in [6, 6.07) is 13.1. The predicted octanol–water partition coefficient (Wildman–Crippen LogP) is 2.62. The molecule has 0 amide bonds. The first-order valence-corrected chi connectivity index (χ1v) is 9.41. The van der Waals surface area contributed by atoms with Crippen molar-refractivity contribution in [3.05, 3.63) is 59.8 Å². The van der Waals surface area contributed by atoms with Gasteiger partial charge >= 0.3 is 0 Å². The number of ether oxygens (including phenoxy) is 1. The summed E-state index contributed by atoms with van der Waals surface area (Å²) >= 11 is 0. The van der Waals surface area contributed by atoms with Crippen LogP contribution in [0.3, 0.4) is 0 Å². The van der Waals surface area contributed by atoms with E-state index in [1.165, 1.54) is 0 Å². The van der Waals surface area contributed by atoms with Gasteiger partial charge in [-0.3, -0.25) is 0 Å². The van der Waals surface area contributed by atoms with Gasteiger partial charge in [0.05, 0.1) is 11.5 Å². The van der Waals surface area contributed by atoms with Crippen molar-refractivity contribution in [2.24, 2.45) is 0 Å². The summed E-state index contributed by atoms with van der Waals surface area (Å²) in [5.41, 5.74) is 3.14. The van der Waals surface area contributed by atoms with Gasteiger partial charge in [0.15, 0.2) is 0 Å². The first-order valence-electron chi connectivity index (χ1n) is 7.93. The molecule has 4 rings (SSSR count). The van der Waals surface area contributed by atoms with Gasteiger partial charge < -0.3 is 9.72 Å². The first kappa shape index (κ1) is 15.2. The number of hydrogen-bond donors (Lipinski definition) is 2. The smallest absolute Gasteiger partial charge is 0.240 e. The molecule has 3 aromatic rings. The lowest BCUT2D eigenvalue weighted by Gasteiger charge is -2.08. The molecule has 0 bridgehead atoms. The van der Waals surface area contributed by atoms with Crippen LogP contribution in [0, 0.1) is 0 Å². The van der Waals surface area contributed by atoms with Gasteiger partial charge in [0.25, 0.3) is 0 Å². The van der Waals surface area contributed by atoms with Crippen LogP contribution in [-0.4, -0.2) is 26.6 Å². The molecule has 124 valence electrons. The van der Waals surface area contributed by atoms with Gasteiger partial charge in [-0.1, -0.05) is 6.07 Å². The van der Waals surface area contributed by atoms with E-state index >= 15 is 0 Å². The number of aromatic nitrogens is 1. The third kappa shape index (κ3) is 2.90. The molecule has 0 atom stereocenters. The van der Waals surface area contributed by atoms with Gasteiger partial charge in [-0.25, -0.2) is 13.1 Å². The zero-order chi connectivity index (χ0) is 16.6. The lowest BCUT2D eigenvalue weighted by atomic mass is 10.1. The summed E-state index contributed by atoms with van der Waals surface area (Å²) in [6.45, 7) is 0.986. The van der Waals surface area contributed by atoms with Crippen molar-refractivity contribution in [3.8, 4) is 5.75 Å². The van der Waals surface area contributed by atoms with Crippen LogP contribution < -0.4 is 9.46 Å². The number of H-pyrrole nitrogens is 1. The standard InChI is InChI=1S/C18H18N2O3S/c21-24(22,16-2-4-18-15(12-16)7-10-23-18)20-9-5-13-1-3-17-14(11-13)6-8-19-17/h1-4,6,8,11-12,19-20H,5,7,9-10H2. The Morgan fingerprint density at radius 2 is 2.04 bits per heavy atom. The molecule has 5 nitrogen and oxygen atoms in total. The molecule has 1 aromatic heterocycles. The monoisotopic (exact) mass is 342 g/mol. The van der Waals surface area contributed by atoms with Gasteiger partial charge in [-0.05, 0) is 59.3 Å². The quantitative estimate of drug-likeness (QED) is 0.749. The van der Waals surface area contributed by atoms with Crippen molar-refractivity contribution in [2.75, 3.05) is 13.2 Å². The number of rotatable bonds is 5. The summed E-state index contributed by atoms with van der Waals surface area (Å²) in [5, 5.41) is 1.13. The van der Waals surface area contributed by atoms with Crippen molar-refractivity contribution in [3.63, 3.8) is 0 Å². The van der Waals surface area contributed by atoms with Crippen LogP contribution in [0.5, 0.6) is 5.75 Å². The minimum absolute atomic E-state index is 0.299. The van der Waals surface area contributed by atoms with Gasteiger partial charge in [0.2, 0.25) is 10.0 Å². The van der Waals surface area contributed by atoms with Crippen molar-refractivity contribution >= 4 is 20.9 Å². The molecule has 24 heavy (non-hydrogen) atoms. The van der Waals surface area contributed by atoms with Gasteiger partial charge in [-0.15, -0.1) is 0 Å². The summed E-state index contributed by atoms with van der Waals surface area (Å²) < 4.78 is 33.0. The van der Waals surface area contributed by atoms with E-state index in [0.717, 1.165) is 34.2 Å². The Kier molecular flexibility index (Phi) is 3.78. The Bertz CT molecular complexity index is 992. The minimum atomic E-state index is -3.50. The molecule has 0 unspecified atom stereocenters. The highest BCUT2D eigenvalue weighted by atomic mass is 32.2. The van der Waals surface area contributed by atoms with Crippen LogP contribution in [0.15, 0.2) is 53.6 Å². The van der Waals surface area contributed by atoms with Crippen LogP contribution in [0.2, 0.25) is 0 Å². The molecule has 2 heterocycles. The molecule has 0 saturated heterocycles. The Morgan fingerprint density at radius 3 is 2.96 bits per heavy atom. The van der Waals surface area contributed by atoms with Crippen LogP contribution in [0.4, 0.5) is 0 Å². The normalized spacial score (nSPS) is 13.8. The Morgan fingerprint density at radius 1 is 1.12 bits per heavy atom. The number of benzene rings is 2. The third-order valence-electron chi connectivity index (χ3n) is 4.29. The fraction of sp³-hybridized carbons (Fsp3) is 0.222.